The Morgan fingerprint density at radius 1 is 1.12 bits per heavy atom. The summed E-state index contributed by atoms with van der Waals surface area (Å²) in [5, 5.41) is 20.9. The first-order valence-electron chi connectivity index (χ1n) is 9.62. The summed E-state index contributed by atoms with van der Waals surface area (Å²) in [7, 11) is 3.46. The quantitative estimate of drug-likeness (QED) is 0.212. The van der Waals surface area contributed by atoms with Gasteiger partial charge in [0.2, 0.25) is 5.78 Å². The number of benzene rings is 2. The van der Waals surface area contributed by atoms with Crippen molar-refractivity contribution in [1.29, 1.82) is 5.26 Å². The van der Waals surface area contributed by atoms with Crippen LogP contribution in [0.4, 0.5) is 17.1 Å². The third kappa shape index (κ3) is 4.09. The van der Waals surface area contributed by atoms with E-state index in [-0.39, 0.29) is 29.2 Å². The van der Waals surface area contributed by atoms with Gasteiger partial charge in [0.1, 0.15) is 17.5 Å². The average molecular weight is 436 g/mol. The van der Waals surface area contributed by atoms with Crippen LogP contribution in [0.2, 0.25) is 0 Å². The fourth-order valence-electron chi connectivity index (χ4n) is 3.41. The molecule has 0 saturated carbocycles. The standard InChI is InChI=1S/C22H20N4O6/c1-4-31-20-10-9-14(11-18(20)26(29)30)22(28)32-13-19(27)15(12-23)21-24(2)16-7-5-6-8-17(16)25(21)3/h5-11H,4,13H2,1-3H3. The average Bonchev–Trinajstić information content (AvgIpc) is 3.04. The van der Waals surface area contributed by atoms with E-state index in [9.17, 15) is 25.0 Å². The summed E-state index contributed by atoms with van der Waals surface area (Å²) in [6, 6.07) is 12.9. The highest BCUT2D eigenvalue weighted by molar-refractivity contribution is 6.04. The van der Waals surface area contributed by atoms with E-state index >= 15 is 0 Å². The highest BCUT2D eigenvalue weighted by atomic mass is 16.6. The Bertz CT molecular complexity index is 1140. The highest BCUT2D eigenvalue weighted by Gasteiger charge is 2.31. The van der Waals surface area contributed by atoms with E-state index in [2.05, 4.69) is 0 Å². The molecular weight excluding hydrogens is 416 g/mol. The molecule has 1 aliphatic rings. The lowest BCUT2D eigenvalue weighted by atomic mass is 10.1. The molecule has 0 fully saturated rings. The number of nitrogens with zero attached hydrogens (tertiary/aromatic N) is 4. The molecule has 0 N–H and O–H groups in total. The van der Waals surface area contributed by atoms with Gasteiger partial charge < -0.3 is 19.3 Å². The van der Waals surface area contributed by atoms with E-state index in [0.29, 0.717) is 5.82 Å². The Labute approximate surface area is 184 Å². The van der Waals surface area contributed by atoms with Crippen molar-refractivity contribution in [3.63, 3.8) is 0 Å². The molecular formula is C22H20N4O6. The number of Topliss-reactive ketones (excluding diaryl/α,β-unsaturated/α-hetero) is 1. The lowest BCUT2D eigenvalue weighted by molar-refractivity contribution is -0.385. The fourth-order valence-corrected chi connectivity index (χ4v) is 3.41. The monoisotopic (exact) mass is 436 g/mol. The predicted molar refractivity (Wildman–Crippen MR) is 115 cm³/mol. The van der Waals surface area contributed by atoms with Crippen LogP contribution < -0.4 is 14.5 Å². The summed E-state index contributed by atoms with van der Waals surface area (Å²) >= 11 is 0. The number of hydrogen-bond donors (Lipinski definition) is 0. The van der Waals surface area contributed by atoms with Gasteiger partial charge in [0.05, 0.1) is 28.5 Å². The lowest BCUT2D eigenvalue weighted by Gasteiger charge is -2.19. The zero-order valence-corrected chi connectivity index (χ0v) is 17.7. The normalized spacial score (nSPS) is 12.1. The highest BCUT2D eigenvalue weighted by Crippen LogP contribution is 2.40. The molecule has 2 aromatic carbocycles. The van der Waals surface area contributed by atoms with Crippen LogP contribution in [0, 0.1) is 21.4 Å². The number of nitriles is 1. The minimum atomic E-state index is -0.928. The number of nitro benzene ring substituents is 1. The molecule has 0 unspecified atom stereocenters. The molecule has 1 heterocycles. The first kappa shape index (κ1) is 22.3. The number of para-hydroxylation sites is 2. The lowest BCUT2D eigenvalue weighted by Crippen LogP contribution is -2.27. The molecule has 3 rings (SSSR count). The second-order valence-corrected chi connectivity index (χ2v) is 6.79. The zero-order chi connectivity index (χ0) is 23.4. The minimum Gasteiger partial charge on any atom is -0.487 e. The van der Waals surface area contributed by atoms with Crippen molar-refractivity contribution in [3.05, 3.63) is 69.5 Å². The van der Waals surface area contributed by atoms with Gasteiger partial charge in [0, 0.05) is 20.2 Å². The maximum absolute atomic E-state index is 12.7. The van der Waals surface area contributed by atoms with Gasteiger partial charge in [-0.2, -0.15) is 5.26 Å². The molecule has 0 atom stereocenters. The molecule has 0 amide bonds. The van der Waals surface area contributed by atoms with Crippen molar-refractivity contribution in [2.45, 2.75) is 6.92 Å². The van der Waals surface area contributed by atoms with Crippen molar-refractivity contribution in [2.75, 3.05) is 37.1 Å². The van der Waals surface area contributed by atoms with Crippen LogP contribution in [0.15, 0.2) is 53.9 Å². The first-order valence-corrected chi connectivity index (χ1v) is 9.62. The molecule has 10 heteroatoms. The summed E-state index contributed by atoms with van der Waals surface area (Å²) in [5.74, 6) is -1.23. The number of carbonyl (C=O) groups excluding carboxylic acids is 2. The largest absolute Gasteiger partial charge is 0.487 e. The number of esters is 1. The van der Waals surface area contributed by atoms with E-state index in [1.54, 1.807) is 30.8 Å². The molecule has 1 aliphatic heterocycles. The van der Waals surface area contributed by atoms with Crippen LogP contribution in [0.1, 0.15) is 17.3 Å². The summed E-state index contributed by atoms with van der Waals surface area (Å²) in [6.07, 6.45) is 0. The van der Waals surface area contributed by atoms with Crippen LogP contribution in [0.25, 0.3) is 0 Å². The van der Waals surface area contributed by atoms with E-state index < -0.39 is 23.3 Å². The van der Waals surface area contributed by atoms with E-state index in [0.717, 1.165) is 17.4 Å². The maximum Gasteiger partial charge on any atom is 0.338 e. The Morgan fingerprint density at radius 2 is 1.75 bits per heavy atom. The van der Waals surface area contributed by atoms with Crippen molar-refractivity contribution in [1.82, 2.24) is 0 Å². The molecule has 10 nitrogen and oxygen atoms in total. The van der Waals surface area contributed by atoms with E-state index in [1.807, 2.05) is 30.3 Å². The summed E-state index contributed by atoms with van der Waals surface area (Å²) in [4.78, 5) is 39.1. The van der Waals surface area contributed by atoms with E-state index in [4.69, 9.17) is 9.47 Å². The maximum atomic E-state index is 12.7. The molecule has 0 aromatic heterocycles. The summed E-state index contributed by atoms with van der Waals surface area (Å²) < 4.78 is 10.2. The van der Waals surface area contributed by atoms with Crippen LogP contribution in [0.5, 0.6) is 5.75 Å². The topological polar surface area (TPSA) is 126 Å². The van der Waals surface area contributed by atoms with Gasteiger partial charge in [-0.05, 0) is 31.2 Å². The number of nitro groups is 1. The van der Waals surface area contributed by atoms with Crippen molar-refractivity contribution in [2.24, 2.45) is 0 Å². The molecule has 32 heavy (non-hydrogen) atoms. The number of hydrogen-bond acceptors (Lipinski definition) is 9. The van der Waals surface area contributed by atoms with Gasteiger partial charge in [0.15, 0.2) is 12.4 Å². The van der Waals surface area contributed by atoms with Gasteiger partial charge in [-0.15, -0.1) is 0 Å². The van der Waals surface area contributed by atoms with Crippen molar-refractivity contribution >= 4 is 28.8 Å². The Morgan fingerprint density at radius 3 is 2.28 bits per heavy atom. The minimum absolute atomic E-state index is 0.0218. The molecule has 0 radical (unpaired) electrons. The van der Waals surface area contributed by atoms with Crippen LogP contribution in [-0.2, 0) is 9.53 Å². The van der Waals surface area contributed by atoms with Crippen molar-refractivity contribution < 1.29 is 24.0 Å². The van der Waals surface area contributed by atoms with Crippen LogP contribution >= 0.6 is 0 Å². The van der Waals surface area contributed by atoms with Crippen LogP contribution in [-0.4, -0.2) is 44.0 Å². The van der Waals surface area contributed by atoms with Gasteiger partial charge in [-0.25, -0.2) is 4.79 Å². The van der Waals surface area contributed by atoms with Gasteiger partial charge in [0.25, 0.3) is 0 Å². The molecule has 164 valence electrons. The second kappa shape index (κ2) is 9.18. The zero-order valence-electron chi connectivity index (χ0n) is 17.7. The summed E-state index contributed by atoms with van der Waals surface area (Å²) in [6.45, 7) is 1.21. The molecule has 0 aliphatic carbocycles. The number of rotatable bonds is 7. The van der Waals surface area contributed by atoms with E-state index in [1.165, 1.54) is 12.1 Å². The molecule has 0 saturated heterocycles. The number of ketones is 1. The van der Waals surface area contributed by atoms with Gasteiger partial charge in [-0.1, -0.05) is 12.1 Å². The number of anilines is 2. The number of ether oxygens (including phenoxy) is 2. The molecule has 2 aromatic rings. The Hall–Kier alpha value is -4.39. The third-order valence-electron chi connectivity index (χ3n) is 4.88. The SMILES string of the molecule is CCOc1ccc(C(=O)OCC(=O)C(C#N)=C2N(C)c3ccccc3N2C)cc1[N+](=O)[O-]. The van der Waals surface area contributed by atoms with Gasteiger partial charge in [-0.3, -0.25) is 14.9 Å². The Kier molecular flexibility index (Phi) is 6.39. The predicted octanol–water partition coefficient (Wildman–Crippen LogP) is 3.04. The molecule has 0 spiro atoms. The summed E-state index contributed by atoms with van der Waals surface area (Å²) in [5.41, 5.74) is 0.978. The van der Waals surface area contributed by atoms with Gasteiger partial charge >= 0.3 is 11.7 Å². The van der Waals surface area contributed by atoms with Crippen molar-refractivity contribution in [3.8, 4) is 11.8 Å². The first-order chi connectivity index (χ1) is 15.3. The van der Waals surface area contributed by atoms with Crippen LogP contribution in [0.3, 0.4) is 0 Å². The Balaban J connectivity index is 1.79. The fraction of sp³-hybridized carbons (Fsp3) is 0.227. The smallest absolute Gasteiger partial charge is 0.338 e. The number of carbonyl (C=O) groups is 2. The second-order valence-electron chi connectivity index (χ2n) is 6.79. The number of fused-ring (bicyclic) bond motifs is 1. The molecule has 0 bridgehead atoms. The third-order valence-corrected chi connectivity index (χ3v) is 4.88.